The van der Waals surface area contributed by atoms with Crippen LogP contribution in [0.25, 0.3) is 22.4 Å². The molecule has 1 aliphatic heterocycles. The lowest BCUT2D eigenvalue weighted by molar-refractivity contribution is 0.383. The molecular formula is C24H30N6O2. The number of methoxy groups -OCH3 is 1. The first kappa shape index (κ1) is 22.0. The van der Waals surface area contributed by atoms with E-state index in [2.05, 4.69) is 51.4 Å². The maximum Gasteiger partial charge on any atom is 0.233 e. The number of anilines is 1. The van der Waals surface area contributed by atoms with Crippen LogP contribution < -0.4 is 15.0 Å². The number of nitrogens with zero attached hydrogens (tertiary/aromatic N) is 5. The van der Waals surface area contributed by atoms with Gasteiger partial charge in [0.1, 0.15) is 5.75 Å². The van der Waals surface area contributed by atoms with Crippen LogP contribution >= 0.6 is 0 Å². The number of phenols is 1. The van der Waals surface area contributed by atoms with Crippen LogP contribution in [0, 0.1) is 5.92 Å². The zero-order chi connectivity index (χ0) is 22.7. The minimum atomic E-state index is 0.131. The fourth-order valence-electron chi connectivity index (χ4n) is 3.83. The molecule has 0 amide bonds. The van der Waals surface area contributed by atoms with Gasteiger partial charge in [-0.3, -0.25) is 0 Å². The molecule has 3 aromatic rings. The van der Waals surface area contributed by atoms with Crippen molar-refractivity contribution >= 4 is 5.82 Å². The average molecular weight is 435 g/mol. The molecular weight excluding hydrogens is 404 g/mol. The number of ether oxygens (including phenoxy) is 1. The van der Waals surface area contributed by atoms with Crippen molar-refractivity contribution in [2.45, 2.75) is 32.7 Å². The third-order valence-electron chi connectivity index (χ3n) is 5.63. The van der Waals surface area contributed by atoms with E-state index in [9.17, 15) is 5.11 Å². The van der Waals surface area contributed by atoms with E-state index < -0.39 is 0 Å². The summed E-state index contributed by atoms with van der Waals surface area (Å²) in [6.45, 7) is 9.53. The van der Waals surface area contributed by atoms with E-state index in [0.29, 0.717) is 23.1 Å². The van der Waals surface area contributed by atoms with Gasteiger partial charge >= 0.3 is 0 Å². The van der Waals surface area contributed by atoms with E-state index in [1.54, 1.807) is 25.4 Å². The van der Waals surface area contributed by atoms with Crippen molar-refractivity contribution in [1.82, 2.24) is 25.7 Å². The Kier molecular flexibility index (Phi) is 6.23. The molecule has 3 heterocycles. The molecule has 0 bridgehead atoms. The van der Waals surface area contributed by atoms with Gasteiger partial charge in [-0.1, -0.05) is 6.07 Å². The Morgan fingerprint density at radius 2 is 1.94 bits per heavy atom. The molecule has 2 N–H and O–H groups in total. The lowest BCUT2D eigenvalue weighted by Crippen LogP contribution is -2.39. The molecule has 1 atom stereocenters. The predicted octanol–water partition coefficient (Wildman–Crippen LogP) is 3.53. The highest BCUT2D eigenvalue weighted by atomic mass is 16.5. The lowest BCUT2D eigenvalue weighted by atomic mass is 10.0. The van der Waals surface area contributed by atoms with Gasteiger partial charge in [0.2, 0.25) is 5.88 Å². The minimum Gasteiger partial charge on any atom is -0.507 e. The molecule has 8 heteroatoms. The molecule has 168 valence electrons. The normalized spacial score (nSPS) is 16.4. The lowest BCUT2D eigenvalue weighted by Gasteiger charge is -2.23. The summed E-state index contributed by atoms with van der Waals surface area (Å²) < 4.78 is 5.13. The van der Waals surface area contributed by atoms with Gasteiger partial charge in [-0.25, -0.2) is 0 Å². The number of rotatable bonds is 6. The molecule has 1 aromatic carbocycles. The first-order chi connectivity index (χ1) is 15.3. The molecule has 8 nitrogen and oxygen atoms in total. The summed E-state index contributed by atoms with van der Waals surface area (Å²) in [5, 5.41) is 30.8. The highest BCUT2D eigenvalue weighted by Gasteiger charge is 2.25. The number of nitrogens with one attached hydrogen (secondary N) is 1. The summed E-state index contributed by atoms with van der Waals surface area (Å²) >= 11 is 0. The molecule has 0 radical (unpaired) electrons. The topological polar surface area (TPSA) is 96.3 Å². The van der Waals surface area contributed by atoms with Crippen LogP contribution in [0.5, 0.6) is 11.6 Å². The van der Waals surface area contributed by atoms with Gasteiger partial charge in [-0.2, -0.15) is 5.10 Å². The smallest absolute Gasteiger partial charge is 0.233 e. The SMILES string of the molecule is COc1cc(-c2ccc(-c3ccc(N4CCC(CNC(C)(C)C)C4)nn3)c(O)c2)cnn1. The van der Waals surface area contributed by atoms with Crippen LogP contribution in [0.3, 0.4) is 0 Å². The standard InChI is InChI=1S/C24H30N6O2/c1-24(2,3)25-13-16-9-10-30(15-16)22-8-7-20(27-28-22)19-6-5-17(11-21(19)31)18-12-23(32-4)29-26-14-18/h5-8,11-12,14,16,25,31H,9-10,13,15H2,1-4H3. The van der Waals surface area contributed by atoms with Crippen LogP contribution in [0.2, 0.25) is 0 Å². The molecule has 1 fully saturated rings. The zero-order valence-corrected chi connectivity index (χ0v) is 19.0. The molecule has 1 unspecified atom stereocenters. The van der Waals surface area contributed by atoms with E-state index in [4.69, 9.17) is 4.74 Å². The van der Waals surface area contributed by atoms with E-state index in [1.807, 2.05) is 24.3 Å². The number of aromatic nitrogens is 4. The molecule has 1 saturated heterocycles. The third-order valence-corrected chi connectivity index (χ3v) is 5.63. The summed E-state index contributed by atoms with van der Waals surface area (Å²) in [5.74, 6) is 2.03. The van der Waals surface area contributed by atoms with E-state index >= 15 is 0 Å². The number of hydrogen-bond donors (Lipinski definition) is 2. The summed E-state index contributed by atoms with van der Waals surface area (Å²) in [4.78, 5) is 2.28. The molecule has 4 rings (SSSR count). The van der Waals surface area contributed by atoms with Crippen LogP contribution in [0.15, 0.2) is 42.6 Å². The summed E-state index contributed by atoms with van der Waals surface area (Å²) in [5.41, 5.74) is 3.02. The Bertz CT molecular complexity index is 1060. The zero-order valence-electron chi connectivity index (χ0n) is 19.0. The molecule has 1 aliphatic rings. The predicted molar refractivity (Wildman–Crippen MR) is 125 cm³/mol. The molecule has 0 aliphatic carbocycles. The van der Waals surface area contributed by atoms with Crippen molar-refractivity contribution in [2.75, 3.05) is 31.6 Å². The Morgan fingerprint density at radius 1 is 1.09 bits per heavy atom. The number of benzene rings is 1. The summed E-state index contributed by atoms with van der Waals surface area (Å²) in [6.07, 6.45) is 2.77. The van der Waals surface area contributed by atoms with Crippen molar-refractivity contribution in [3.8, 4) is 34.0 Å². The summed E-state index contributed by atoms with van der Waals surface area (Å²) in [7, 11) is 1.54. The quantitative estimate of drug-likeness (QED) is 0.608. The van der Waals surface area contributed by atoms with Gasteiger partial charge in [0.15, 0.2) is 5.82 Å². The highest BCUT2D eigenvalue weighted by molar-refractivity contribution is 5.74. The molecule has 2 aromatic heterocycles. The highest BCUT2D eigenvalue weighted by Crippen LogP contribution is 2.33. The van der Waals surface area contributed by atoms with Gasteiger partial charge in [0.05, 0.1) is 19.0 Å². The van der Waals surface area contributed by atoms with Gasteiger partial charge in [-0.15, -0.1) is 15.3 Å². The average Bonchev–Trinajstić information content (AvgIpc) is 3.27. The Hall–Kier alpha value is -3.26. The second-order valence-electron chi connectivity index (χ2n) is 9.23. The van der Waals surface area contributed by atoms with E-state index in [0.717, 1.165) is 43.0 Å². The maximum absolute atomic E-state index is 10.6. The van der Waals surface area contributed by atoms with Crippen LogP contribution in [-0.4, -0.2) is 57.8 Å². The van der Waals surface area contributed by atoms with Gasteiger partial charge in [-0.05, 0) is 62.9 Å². The Morgan fingerprint density at radius 3 is 2.62 bits per heavy atom. The second kappa shape index (κ2) is 9.08. The van der Waals surface area contributed by atoms with Crippen molar-refractivity contribution in [2.24, 2.45) is 5.92 Å². The monoisotopic (exact) mass is 434 g/mol. The number of hydrogen-bond acceptors (Lipinski definition) is 8. The van der Waals surface area contributed by atoms with Crippen molar-refractivity contribution in [3.63, 3.8) is 0 Å². The molecule has 32 heavy (non-hydrogen) atoms. The first-order valence-corrected chi connectivity index (χ1v) is 10.9. The molecule has 0 saturated carbocycles. The number of aromatic hydroxyl groups is 1. The van der Waals surface area contributed by atoms with Crippen molar-refractivity contribution in [1.29, 1.82) is 0 Å². The minimum absolute atomic E-state index is 0.131. The van der Waals surface area contributed by atoms with Crippen molar-refractivity contribution in [3.05, 3.63) is 42.6 Å². The fraction of sp³-hybridized carbons (Fsp3) is 0.417. The van der Waals surface area contributed by atoms with Crippen LogP contribution in [-0.2, 0) is 0 Å². The first-order valence-electron chi connectivity index (χ1n) is 10.9. The fourth-order valence-corrected chi connectivity index (χ4v) is 3.83. The second-order valence-corrected chi connectivity index (χ2v) is 9.23. The van der Waals surface area contributed by atoms with Gasteiger partial charge in [0.25, 0.3) is 0 Å². The Labute approximate surface area is 188 Å². The Balaban J connectivity index is 1.45. The van der Waals surface area contributed by atoms with Crippen LogP contribution in [0.1, 0.15) is 27.2 Å². The maximum atomic E-state index is 10.6. The van der Waals surface area contributed by atoms with Crippen molar-refractivity contribution < 1.29 is 9.84 Å². The molecule has 0 spiro atoms. The largest absolute Gasteiger partial charge is 0.507 e. The van der Waals surface area contributed by atoms with Crippen LogP contribution in [0.4, 0.5) is 5.82 Å². The van der Waals surface area contributed by atoms with E-state index in [1.165, 1.54) is 0 Å². The third kappa shape index (κ3) is 5.13. The van der Waals surface area contributed by atoms with E-state index in [-0.39, 0.29) is 11.3 Å². The van der Waals surface area contributed by atoms with Gasteiger partial charge < -0.3 is 20.1 Å². The number of phenolic OH excluding ortho intramolecular Hbond substituents is 1. The van der Waals surface area contributed by atoms with Gasteiger partial charge in [0, 0.05) is 42.4 Å². The summed E-state index contributed by atoms with van der Waals surface area (Å²) in [6, 6.07) is 11.1.